The Morgan fingerprint density at radius 3 is 2.53 bits per heavy atom. The van der Waals surface area contributed by atoms with E-state index in [4.69, 9.17) is 0 Å². The molecule has 166 valence electrons. The van der Waals surface area contributed by atoms with Crippen LogP contribution in [0.3, 0.4) is 0 Å². The summed E-state index contributed by atoms with van der Waals surface area (Å²) in [6.45, 7) is 3.03. The Kier molecular flexibility index (Phi) is 5.18. The molecule has 0 saturated heterocycles. The molecule has 2 aliphatic rings. The molecule has 0 aliphatic carbocycles. The normalized spacial score (nSPS) is 15.2. The second-order valence-corrected chi connectivity index (χ2v) is 9.73. The summed E-state index contributed by atoms with van der Waals surface area (Å²) >= 11 is 0. The zero-order valence-corrected chi connectivity index (χ0v) is 18.5. The molecule has 2 aliphatic heterocycles. The van der Waals surface area contributed by atoms with Gasteiger partial charge in [-0.05, 0) is 55.2 Å². The quantitative estimate of drug-likeness (QED) is 0.529. The fourth-order valence-electron chi connectivity index (χ4n) is 4.30. The van der Waals surface area contributed by atoms with Crippen LogP contribution in [0.5, 0.6) is 0 Å². The van der Waals surface area contributed by atoms with Crippen molar-refractivity contribution in [1.82, 2.24) is 19.3 Å². The monoisotopic (exact) mass is 452 g/mol. The first-order valence-corrected chi connectivity index (χ1v) is 12.1. The van der Waals surface area contributed by atoms with Gasteiger partial charge in [-0.15, -0.1) is 0 Å². The molecule has 9 nitrogen and oxygen atoms in total. The second-order valence-electron chi connectivity index (χ2n) is 7.96. The summed E-state index contributed by atoms with van der Waals surface area (Å²) in [5.41, 5.74) is 2.79. The fourth-order valence-corrected chi connectivity index (χ4v) is 5.43. The lowest BCUT2D eigenvalue weighted by Gasteiger charge is -2.25. The van der Waals surface area contributed by atoms with Gasteiger partial charge in [0.1, 0.15) is 17.5 Å². The predicted molar refractivity (Wildman–Crippen MR) is 121 cm³/mol. The van der Waals surface area contributed by atoms with E-state index in [-0.39, 0.29) is 17.3 Å². The number of nitrogens with zero attached hydrogens (tertiary/aromatic N) is 4. The number of amides is 1. The van der Waals surface area contributed by atoms with Gasteiger partial charge in [0.05, 0.1) is 10.6 Å². The van der Waals surface area contributed by atoms with Crippen molar-refractivity contribution < 1.29 is 13.2 Å². The van der Waals surface area contributed by atoms with Gasteiger partial charge >= 0.3 is 0 Å². The molecule has 0 bridgehead atoms. The minimum absolute atomic E-state index is 0.121. The molecule has 0 radical (unpaired) electrons. The molecule has 32 heavy (non-hydrogen) atoms. The van der Waals surface area contributed by atoms with E-state index in [9.17, 15) is 13.2 Å². The minimum atomic E-state index is -3.66. The first-order chi connectivity index (χ1) is 15.4. The molecular formula is C22H24N6O3S. The molecule has 4 heterocycles. The second kappa shape index (κ2) is 8.03. The largest absolute Gasteiger partial charge is 0.369 e. The van der Waals surface area contributed by atoms with E-state index < -0.39 is 10.0 Å². The third-order valence-electron chi connectivity index (χ3n) is 5.75. The number of sulfonamides is 1. The topological polar surface area (TPSA) is 109 Å². The van der Waals surface area contributed by atoms with Gasteiger partial charge in [0.25, 0.3) is 0 Å². The number of benzene rings is 1. The van der Waals surface area contributed by atoms with Crippen LogP contribution in [0.15, 0.2) is 47.6 Å². The maximum Gasteiger partial charge on any atom is 0.240 e. The van der Waals surface area contributed by atoms with Crippen LogP contribution in [0, 0.1) is 6.92 Å². The molecule has 2 N–H and O–H groups in total. The lowest BCUT2D eigenvalue weighted by atomic mass is 10.00. The van der Waals surface area contributed by atoms with Gasteiger partial charge in [-0.3, -0.25) is 4.79 Å². The Hall–Kier alpha value is -3.24. The van der Waals surface area contributed by atoms with Crippen LogP contribution in [-0.4, -0.2) is 48.5 Å². The summed E-state index contributed by atoms with van der Waals surface area (Å²) in [5, 5.41) is 3.16. The molecule has 10 heteroatoms. The van der Waals surface area contributed by atoms with Crippen LogP contribution in [-0.2, 0) is 27.7 Å². The lowest BCUT2D eigenvalue weighted by molar-refractivity contribution is -0.118. The zero-order chi connectivity index (χ0) is 22.3. The summed E-state index contributed by atoms with van der Waals surface area (Å²) in [7, 11) is -3.66. The van der Waals surface area contributed by atoms with Gasteiger partial charge in [0.15, 0.2) is 0 Å². The number of nitrogens with one attached hydrogen (secondary N) is 2. The van der Waals surface area contributed by atoms with Gasteiger partial charge in [0.2, 0.25) is 15.9 Å². The predicted octanol–water partition coefficient (Wildman–Crippen LogP) is 1.80. The molecule has 3 aromatic rings. The number of aryl methyl sites for hydroxylation is 2. The van der Waals surface area contributed by atoms with Crippen molar-refractivity contribution in [1.29, 1.82) is 0 Å². The van der Waals surface area contributed by atoms with Crippen molar-refractivity contribution in [2.24, 2.45) is 0 Å². The van der Waals surface area contributed by atoms with Gasteiger partial charge in [-0.1, -0.05) is 0 Å². The van der Waals surface area contributed by atoms with E-state index in [0.717, 1.165) is 22.6 Å². The van der Waals surface area contributed by atoms with Crippen LogP contribution in [0.4, 0.5) is 11.5 Å². The Morgan fingerprint density at radius 1 is 1.00 bits per heavy atom. The van der Waals surface area contributed by atoms with Gasteiger partial charge in [0, 0.05) is 44.5 Å². The van der Waals surface area contributed by atoms with Gasteiger partial charge < -0.3 is 14.8 Å². The van der Waals surface area contributed by atoms with E-state index in [0.29, 0.717) is 44.0 Å². The van der Waals surface area contributed by atoms with Crippen molar-refractivity contribution in [3.8, 4) is 5.82 Å². The van der Waals surface area contributed by atoms with Crippen LogP contribution in [0.2, 0.25) is 0 Å². The highest BCUT2D eigenvalue weighted by Gasteiger charge is 2.32. The Labute approximate surface area is 186 Å². The van der Waals surface area contributed by atoms with E-state index in [1.165, 1.54) is 0 Å². The Morgan fingerprint density at radius 2 is 1.75 bits per heavy atom. The number of rotatable bonds is 7. The number of carbonyl (C=O) groups excluding carboxylic acids is 1. The molecule has 2 aromatic heterocycles. The smallest absolute Gasteiger partial charge is 0.240 e. The summed E-state index contributed by atoms with van der Waals surface area (Å²) in [4.78, 5) is 22.9. The molecule has 1 aromatic carbocycles. The number of hydrogen-bond acceptors (Lipinski definition) is 6. The zero-order valence-electron chi connectivity index (χ0n) is 17.7. The van der Waals surface area contributed by atoms with E-state index in [1.807, 2.05) is 42.1 Å². The molecule has 0 fully saturated rings. The molecule has 0 spiro atoms. The SMILES string of the molecule is Cc1nc(NCCNS(=O)(=O)c2cc3c4c(c2)CCN4C(=O)CC3)cc(-n2cccc2)n1. The van der Waals surface area contributed by atoms with Crippen molar-refractivity contribution in [3.63, 3.8) is 0 Å². The van der Waals surface area contributed by atoms with E-state index in [2.05, 4.69) is 20.0 Å². The summed E-state index contributed by atoms with van der Waals surface area (Å²) in [6.07, 6.45) is 5.50. The molecule has 0 atom stereocenters. The standard InChI is InChI=1S/C22H24N6O3S/c1-15-25-19(14-20(26-15)27-9-2-3-10-27)23-7-8-24-32(30,31)18-12-16-4-5-21(29)28-11-6-17(13-18)22(16)28/h2-3,9-10,12-14,24H,4-8,11H2,1H3,(H,23,25,26). The third-order valence-corrected chi connectivity index (χ3v) is 7.19. The summed E-state index contributed by atoms with van der Waals surface area (Å²) in [6, 6.07) is 9.06. The molecule has 0 saturated carbocycles. The molecule has 1 amide bonds. The number of anilines is 2. The Bertz CT molecular complexity index is 1290. The highest BCUT2D eigenvalue weighted by molar-refractivity contribution is 7.89. The maximum absolute atomic E-state index is 12.9. The van der Waals surface area contributed by atoms with Crippen LogP contribution >= 0.6 is 0 Å². The maximum atomic E-state index is 12.9. The van der Waals surface area contributed by atoms with Gasteiger partial charge in [-0.2, -0.15) is 0 Å². The van der Waals surface area contributed by atoms with Crippen LogP contribution in [0.1, 0.15) is 23.4 Å². The molecule has 0 unspecified atom stereocenters. The lowest BCUT2D eigenvalue weighted by Crippen LogP contribution is -2.33. The number of aromatic nitrogens is 3. The number of hydrogen-bond donors (Lipinski definition) is 2. The average Bonchev–Trinajstić information content (AvgIpc) is 3.44. The highest BCUT2D eigenvalue weighted by Crippen LogP contribution is 2.38. The first kappa shape index (κ1) is 20.7. The summed E-state index contributed by atoms with van der Waals surface area (Å²) < 4.78 is 30.3. The van der Waals surface area contributed by atoms with Crippen molar-refractivity contribution in [2.45, 2.75) is 31.1 Å². The minimum Gasteiger partial charge on any atom is -0.369 e. The van der Waals surface area contributed by atoms with Crippen molar-refractivity contribution in [3.05, 3.63) is 59.7 Å². The van der Waals surface area contributed by atoms with Crippen LogP contribution < -0.4 is 14.9 Å². The summed E-state index contributed by atoms with van der Waals surface area (Å²) in [5.74, 6) is 2.12. The third kappa shape index (κ3) is 3.87. The fraction of sp³-hybridized carbons (Fsp3) is 0.318. The van der Waals surface area contributed by atoms with Crippen molar-refractivity contribution in [2.75, 3.05) is 29.9 Å². The highest BCUT2D eigenvalue weighted by atomic mass is 32.2. The van der Waals surface area contributed by atoms with Crippen molar-refractivity contribution >= 4 is 27.4 Å². The van der Waals surface area contributed by atoms with Crippen LogP contribution in [0.25, 0.3) is 5.82 Å². The van der Waals surface area contributed by atoms with Gasteiger partial charge in [-0.25, -0.2) is 23.1 Å². The van der Waals surface area contributed by atoms with E-state index >= 15 is 0 Å². The molecular weight excluding hydrogens is 428 g/mol. The molecule has 5 rings (SSSR count). The number of carbonyl (C=O) groups is 1. The average molecular weight is 453 g/mol. The Balaban J connectivity index is 1.25. The first-order valence-electron chi connectivity index (χ1n) is 10.6. The van der Waals surface area contributed by atoms with E-state index in [1.54, 1.807) is 17.0 Å².